The van der Waals surface area contributed by atoms with Gasteiger partial charge in [0, 0.05) is 0 Å². The number of hydrogen-bond donors (Lipinski definition) is 0. The Morgan fingerprint density at radius 3 is 1.17 bits per heavy atom. The molecule has 0 amide bonds. The fourth-order valence-corrected chi connectivity index (χ4v) is 14.5. The van der Waals surface area contributed by atoms with Crippen LogP contribution < -0.4 is 0 Å². The van der Waals surface area contributed by atoms with Crippen molar-refractivity contribution in [1.82, 2.24) is 0 Å². The van der Waals surface area contributed by atoms with Gasteiger partial charge in [0.1, 0.15) is 0 Å². The van der Waals surface area contributed by atoms with Crippen molar-refractivity contribution in [1.29, 1.82) is 0 Å². The second-order valence-electron chi connectivity index (χ2n) is 7.23. The number of unbranched alkanes of at least 4 members (excludes halogenated alkanes) is 10. The van der Waals surface area contributed by atoms with Crippen LogP contribution in [0, 0.1) is 0 Å². The van der Waals surface area contributed by atoms with Gasteiger partial charge in [-0.15, -0.1) is 0 Å². The maximum atomic E-state index is 12.3. The van der Waals surface area contributed by atoms with E-state index in [0.717, 1.165) is 21.7 Å². The molecule has 0 N–H and O–H groups in total. The van der Waals surface area contributed by atoms with Gasteiger partial charge in [-0.2, -0.15) is 0 Å². The van der Waals surface area contributed by atoms with Gasteiger partial charge in [0.2, 0.25) is 0 Å². The van der Waals surface area contributed by atoms with E-state index in [0.29, 0.717) is 7.60 Å². The third-order valence-corrected chi connectivity index (χ3v) is 19.8. The van der Waals surface area contributed by atoms with Gasteiger partial charge in [0.05, 0.1) is 0 Å². The van der Waals surface area contributed by atoms with Crippen LogP contribution in [0.1, 0.15) is 105 Å². The summed E-state index contributed by atoms with van der Waals surface area (Å²) >= 11 is -3.23. The summed E-state index contributed by atoms with van der Waals surface area (Å²) in [6.45, 7) is 7.89. The Balaban J connectivity index is 4.30. The summed E-state index contributed by atoms with van der Waals surface area (Å²) in [6, 6.07) is 0. The average Bonchev–Trinajstić information content (AvgIpc) is 2.51. The van der Waals surface area contributed by atoms with Crippen LogP contribution in [0.5, 0.6) is 0 Å². The van der Waals surface area contributed by atoms with Gasteiger partial charge in [-0.25, -0.2) is 0 Å². The fourth-order valence-electron chi connectivity index (χ4n) is 3.49. The Hall–Kier alpha value is 0.139. The molecule has 0 saturated heterocycles. The summed E-state index contributed by atoms with van der Waals surface area (Å²) in [4.78, 5) is 24.6. The molecule has 0 atom stereocenters. The molecule has 0 saturated carbocycles. The Bertz CT molecular complexity index is 294. The normalized spacial score (nSPS) is 11.7. The van der Waals surface area contributed by atoms with E-state index in [4.69, 9.17) is 0 Å². The van der Waals surface area contributed by atoms with Crippen molar-refractivity contribution in [3.05, 3.63) is 0 Å². The summed E-state index contributed by atoms with van der Waals surface area (Å²) in [7, 11) is 0. The van der Waals surface area contributed by atoms with E-state index in [9.17, 15) is 9.59 Å². The summed E-state index contributed by atoms with van der Waals surface area (Å²) in [5.41, 5.74) is 0. The average molecular weight is 431 g/mol. The number of hydrogen-bond acceptors (Lipinski definition) is 2. The first-order valence-electron chi connectivity index (χ1n) is 10.0. The zero-order chi connectivity index (χ0) is 17.6. The Labute approximate surface area is 149 Å². The summed E-state index contributed by atoms with van der Waals surface area (Å²) < 4.78 is 2.55. The van der Waals surface area contributed by atoms with Gasteiger partial charge in [-0.05, 0) is 0 Å². The zero-order valence-electron chi connectivity index (χ0n) is 16.2. The summed E-state index contributed by atoms with van der Waals surface area (Å²) in [5.74, 6) is 0. The molecule has 0 rings (SSSR count). The molecule has 2 nitrogen and oxygen atoms in total. The first kappa shape index (κ1) is 23.1. The van der Waals surface area contributed by atoms with Crippen molar-refractivity contribution in [2.75, 3.05) is 0 Å². The third kappa shape index (κ3) is 9.88. The van der Waals surface area contributed by atoms with Crippen LogP contribution in [0.4, 0.5) is 0 Å². The van der Waals surface area contributed by atoms with E-state index in [1.807, 2.05) is 0 Å². The van der Waals surface area contributed by atoms with Crippen LogP contribution >= 0.6 is 0 Å². The molecular formula is C20H40O2Sn. The molecule has 0 aromatic heterocycles. The molecule has 0 aliphatic heterocycles. The van der Waals surface area contributed by atoms with Gasteiger partial charge < -0.3 is 0 Å². The van der Waals surface area contributed by atoms with Gasteiger partial charge in [-0.1, -0.05) is 0 Å². The summed E-state index contributed by atoms with van der Waals surface area (Å²) in [5, 5.41) is 0. The molecule has 0 fully saturated rings. The van der Waals surface area contributed by atoms with Crippen molar-refractivity contribution >= 4 is 26.0 Å². The molecule has 0 aromatic rings. The van der Waals surface area contributed by atoms with Crippen LogP contribution in [-0.2, 0) is 9.59 Å². The van der Waals surface area contributed by atoms with E-state index in [-0.39, 0.29) is 0 Å². The standard InChI is InChI=1S/2C8H17.2C2H3O.Sn/c2*1-3-5-7-8-6-4-2;2*1-2-3;/h2*1,3-8H2,2H3;2*1H3;. The molecule has 0 aliphatic rings. The van der Waals surface area contributed by atoms with Crippen LogP contribution in [0.15, 0.2) is 0 Å². The SMILES string of the molecule is CCCCCCC[CH2][Sn]([CH2]CCCCCCC)([C](C)=O)[C](C)=O. The molecule has 0 bridgehead atoms. The van der Waals surface area contributed by atoms with E-state index >= 15 is 0 Å². The number of carbonyl (C=O) groups is 2. The van der Waals surface area contributed by atoms with Crippen molar-refractivity contribution in [2.45, 2.75) is 114 Å². The van der Waals surface area contributed by atoms with Gasteiger partial charge in [0.25, 0.3) is 0 Å². The van der Waals surface area contributed by atoms with Gasteiger partial charge in [-0.3, -0.25) is 0 Å². The van der Waals surface area contributed by atoms with Crippen LogP contribution in [0.3, 0.4) is 0 Å². The van der Waals surface area contributed by atoms with Crippen LogP contribution in [0.25, 0.3) is 0 Å². The zero-order valence-corrected chi connectivity index (χ0v) is 19.1. The molecular weight excluding hydrogens is 391 g/mol. The van der Waals surface area contributed by atoms with Crippen molar-refractivity contribution in [3.8, 4) is 0 Å². The predicted octanol–water partition coefficient (Wildman–Crippen LogP) is 6.41. The molecule has 0 aromatic carbocycles. The molecule has 0 unspecified atom stereocenters. The maximum absolute atomic E-state index is 12.3. The monoisotopic (exact) mass is 432 g/mol. The Morgan fingerprint density at radius 1 is 0.565 bits per heavy atom. The Kier molecular flexibility index (Phi) is 14.6. The first-order chi connectivity index (χ1) is 11.0. The van der Waals surface area contributed by atoms with E-state index in [1.165, 1.54) is 64.2 Å². The molecule has 3 heteroatoms. The molecule has 0 heterocycles. The second kappa shape index (κ2) is 14.5. The number of carbonyl (C=O) groups excluding carboxylic acids is 2. The topological polar surface area (TPSA) is 34.1 Å². The molecule has 0 radical (unpaired) electrons. The van der Waals surface area contributed by atoms with Crippen LogP contribution in [0.2, 0.25) is 8.87 Å². The molecule has 23 heavy (non-hydrogen) atoms. The third-order valence-electron chi connectivity index (χ3n) is 5.26. The van der Waals surface area contributed by atoms with Crippen LogP contribution in [-0.4, -0.2) is 26.0 Å². The van der Waals surface area contributed by atoms with E-state index in [2.05, 4.69) is 13.8 Å². The summed E-state index contributed by atoms with van der Waals surface area (Å²) in [6.07, 6.45) is 14.9. The Morgan fingerprint density at radius 2 is 0.870 bits per heavy atom. The van der Waals surface area contributed by atoms with Crippen molar-refractivity contribution < 1.29 is 9.59 Å². The minimum absolute atomic E-state index is 0.300. The first-order valence-corrected chi connectivity index (χ1v) is 16.9. The van der Waals surface area contributed by atoms with E-state index in [1.54, 1.807) is 13.8 Å². The number of rotatable bonds is 16. The van der Waals surface area contributed by atoms with Gasteiger partial charge >= 0.3 is 149 Å². The van der Waals surface area contributed by atoms with Gasteiger partial charge in [0.15, 0.2) is 0 Å². The molecule has 0 aliphatic carbocycles. The molecule has 136 valence electrons. The predicted molar refractivity (Wildman–Crippen MR) is 103 cm³/mol. The minimum atomic E-state index is -3.23. The second-order valence-corrected chi connectivity index (χ2v) is 20.3. The fraction of sp³-hybridized carbons (Fsp3) is 0.900. The van der Waals surface area contributed by atoms with Crippen molar-refractivity contribution in [3.63, 3.8) is 0 Å². The van der Waals surface area contributed by atoms with Crippen molar-refractivity contribution in [2.24, 2.45) is 0 Å². The quantitative estimate of drug-likeness (QED) is 0.209. The molecule has 0 spiro atoms. The van der Waals surface area contributed by atoms with E-state index < -0.39 is 18.4 Å².